The predicted octanol–water partition coefficient (Wildman–Crippen LogP) is 3.20. The number of hydrogen-bond acceptors (Lipinski definition) is 4. The Morgan fingerprint density at radius 3 is 2.83 bits per heavy atom. The van der Waals surface area contributed by atoms with Gasteiger partial charge in [-0.25, -0.2) is 9.67 Å². The average Bonchev–Trinajstić information content (AvgIpc) is 3.41. The average molecular weight is 401 g/mol. The number of fused-ring (bicyclic) bond motifs is 1. The minimum atomic E-state index is -0.132. The van der Waals surface area contributed by atoms with Crippen LogP contribution in [0, 0.1) is 0 Å². The van der Waals surface area contributed by atoms with Crippen molar-refractivity contribution in [3.8, 4) is 5.82 Å². The molecule has 3 aromatic rings. The van der Waals surface area contributed by atoms with Crippen LogP contribution in [-0.2, 0) is 11.2 Å². The van der Waals surface area contributed by atoms with Gasteiger partial charge < -0.3 is 10.2 Å². The molecule has 1 aliphatic carbocycles. The summed E-state index contributed by atoms with van der Waals surface area (Å²) < 4.78 is 1.87. The van der Waals surface area contributed by atoms with E-state index in [9.17, 15) is 9.59 Å². The van der Waals surface area contributed by atoms with Gasteiger partial charge in [0.05, 0.1) is 17.9 Å². The number of hydrogen-bond donors (Lipinski definition) is 1. The van der Waals surface area contributed by atoms with Crippen LogP contribution in [0.3, 0.4) is 0 Å². The molecule has 0 bridgehead atoms. The summed E-state index contributed by atoms with van der Waals surface area (Å²) in [4.78, 5) is 31.2. The van der Waals surface area contributed by atoms with Gasteiger partial charge in [0.25, 0.3) is 5.91 Å². The van der Waals surface area contributed by atoms with Crippen molar-refractivity contribution in [2.24, 2.45) is 0 Å². The third-order valence-corrected chi connectivity index (χ3v) is 5.85. The molecule has 5 rings (SSSR count). The second kappa shape index (κ2) is 7.74. The monoisotopic (exact) mass is 401 g/mol. The van der Waals surface area contributed by atoms with E-state index in [2.05, 4.69) is 15.4 Å². The first-order valence-corrected chi connectivity index (χ1v) is 10.4. The van der Waals surface area contributed by atoms with Gasteiger partial charge in [-0.3, -0.25) is 9.59 Å². The number of carbonyl (C=O) groups excluding carboxylic acids is 2. The van der Waals surface area contributed by atoms with Crippen LogP contribution in [0.5, 0.6) is 0 Å². The van der Waals surface area contributed by atoms with Crippen molar-refractivity contribution in [3.05, 3.63) is 71.7 Å². The van der Waals surface area contributed by atoms with E-state index in [1.165, 1.54) is 0 Å². The van der Waals surface area contributed by atoms with Crippen LogP contribution in [-0.4, -0.2) is 33.1 Å². The van der Waals surface area contributed by atoms with E-state index < -0.39 is 0 Å². The fourth-order valence-electron chi connectivity index (χ4n) is 4.36. The number of nitrogens with zero attached hydrogens (tertiary/aromatic N) is 4. The Labute approximate surface area is 174 Å². The Hall–Kier alpha value is -3.48. The van der Waals surface area contributed by atoms with Crippen LogP contribution >= 0.6 is 0 Å². The number of anilines is 1. The molecule has 1 atom stereocenters. The first-order valence-electron chi connectivity index (χ1n) is 10.4. The summed E-state index contributed by atoms with van der Waals surface area (Å²) in [5, 5.41) is 7.70. The molecule has 7 nitrogen and oxygen atoms in total. The molecule has 0 radical (unpaired) electrons. The molecular formula is C23H23N5O2. The van der Waals surface area contributed by atoms with Crippen molar-refractivity contribution >= 4 is 17.5 Å². The normalized spacial score (nSPS) is 18.3. The highest BCUT2D eigenvalue weighted by Gasteiger charge is 2.27. The lowest BCUT2D eigenvalue weighted by atomic mass is 9.92. The second-order valence-electron chi connectivity index (χ2n) is 7.76. The van der Waals surface area contributed by atoms with Gasteiger partial charge in [0.15, 0.2) is 5.82 Å². The molecule has 1 fully saturated rings. The van der Waals surface area contributed by atoms with Crippen LogP contribution in [0.2, 0.25) is 0 Å². The SMILES string of the molecule is O=C(N[C@@H]1CCCc2c1cnn2-c1ccccn1)c1cccc(N2CCCC2=O)c1. The quantitative estimate of drug-likeness (QED) is 0.728. The van der Waals surface area contributed by atoms with Crippen molar-refractivity contribution in [2.75, 3.05) is 11.4 Å². The molecule has 1 N–H and O–H groups in total. The zero-order chi connectivity index (χ0) is 20.5. The van der Waals surface area contributed by atoms with Crippen molar-refractivity contribution in [3.63, 3.8) is 0 Å². The Morgan fingerprint density at radius 2 is 2.03 bits per heavy atom. The van der Waals surface area contributed by atoms with E-state index in [4.69, 9.17) is 0 Å². The molecule has 0 spiro atoms. The maximum Gasteiger partial charge on any atom is 0.251 e. The van der Waals surface area contributed by atoms with Gasteiger partial charge in [-0.15, -0.1) is 0 Å². The summed E-state index contributed by atoms with van der Waals surface area (Å²) in [5.41, 5.74) is 3.50. The van der Waals surface area contributed by atoms with Gasteiger partial charge >= 0.3 is 0 Å². The van der Waals surface area contributed by atoms with Crippen LogP contribution in [0.25, 0.3) is 5.82 Å². The number of amides is 2. The van der Waals surface area contributed by atoms with Crippen LogP contribution in [0.4, 0.5) is 5.69 Å². The van der Waals surface area contributed by atoms with E-state index in [0.29, 0.717) is 18.5 Å². The number of nitrogens with one attached hydrogen (secondary N) is 1. The van der Waals surface area contributed by atoms with Crippen LogP contribution < -0.4 is 10.2 Å². The standard InChI is InChI=1S/C23H23N5O2/c29-22-11-5-13-27(22)17-7-3-6-16(14-17)23(30)26-19-8-4-9-20-18(19)15-25-28(20)21-10-1-2-12-24-21/h1-3,6-7,10,12,14-15,19H,4-5,8-9,11,13H2,(H,26,30)/t19-/m1/s1. The van der Waals surface area contributed by atoms with Crippen molar-refractivity contribution < 1.29 is 9.59 Å². The molecule has 1 saturated heterocycles. The third-order valence-electron chi connectivity index (χ3n) is 5.85. The minimum Gasteiger partial charge on any atom is -0.345 e. The zero-order valence-electron chi connectivity index (χ0n) is 16.6. The molecule has 30 heavy (non-hydrogen) atoms. The number of carbonyl (C=O) groups is 2. The number of aromatic nitrogens is 3. The Bertz CT molecular complexity index is 1090. The van der Waals surface area contributed by atoms with E-state index in [1.54, 1.807) is 23.2 Å². The van der Waals surface area contributed by atoms with E-state index >= 15 is 0 Å². The molecule has 3 heterocycles. The van der Waals surface area contributed by atoms with Gasteiger partial charge in [-0.05, 0) is 56.0 Å². The molecule has 0 saturated carbocycles. The topological polar surface area (TPSA) is 80.1 Å². The van der Waals surface area contributed by atoms with Crippen molar-refractivity contribution in [1.82, 2.24) is 20.1 Å². The maximum absolute atomic E-state index is 13.0. The zero-order valence-corrected chi connectivity index (χ0v) is 16.6. The number of benzene rings is 1. The third kappa shape index (κ3) is 3.36. The molecule has 2 aliphatic rings. The molecule has 1 aromatic carbocycles. The molecule has 0 unspecified atom stereocenters. The fraction of sp³-hybridized carbons (Fsp3) is 0.304. The van der Waals surface area contributed by atoms with Gasteiger partial charge in [0, 0.05) is 36.0 Å². The van der Waals surface area contributed by atoms with Crippen LogP contribution in [0.1, 0.15) is 53.3 Å². The molecular weight excluding hydrogens is 378 g/mol. The fourth-order valence-corrected chi connectivity index (χ4v) is 4.36. The number of pyridine rings is 1. The van der Waals surface area contributed by atoms with Gasteiger partial charge in [0.2, 0.25) is 5.91 Å². The molecule has 1 aliphatic heterocycles. The number of rotatable bonds is 4. The Kier molecular flexibility index (Phi) is 4.78. The van der Waals surface area contributed by atoms with Crippen molar-refractivity contribution in [1.29, 1.82) is 0 Å². The highest BCUT2D eigenvalue weighted by molar-refractivity contribution is 5.99. The Morgan fingerprint density at radius 1 is 1.10 bits per heavy atom. The lowest BCUT2D eigenvalue weighted by Crippen LogP contribution is -2.31. The smallest absolute Gasteiger partial charge is 0.251 e. The lowest BCUT2D eigenvalue weighted by Gasteiger charge is -2.24. The summed E-state index contributed by atoms with van der Waals surface area (Å²) in [5.74, 6) is 0.770. The van der Waals surface area contributed by atoms with E-state index in [-0.39, 0.29) is 17.9 Å². The summed E-state index contributed by atoms with van der Waals surface area (Å²) in [6.07, 6.45) is 7.78. The van der Waals surface area contributed by atoms with Gasteiger partial charge in [-0.1, -0.05) is 12.1 Å². The molecule has 7 heteroatoms. The Balaban J connectivity index is 1.37. The first-order chi connectivity index (χ1) is 14.7. The van der Waals surface area contributed by atoms with Crippen molar-refractivity contribution in [2.45, 2.75) is 38.1 Å². The molecule has 152 valence electrons. The molecule has 2 amide bonds. The highest BCUT2D eigenvalue weighted by Crippen LogP contribution is 2.31. The van der Waals surface area contributed by atoms with E-state index in [1.807, 2.05) is 41.2 Å². The predicted molar refractivity (Wildman–Crippen MR) is 113 cm³/mol. The highest BCUT2D eigenvalue weighted by atomic mass is 16.2. The minimum absolute atomic E-state index is 0.0872. The van der Waals surface area contributed by atoms with Crippen LogP contribution in [0.15, 0.2) is 54.9 Å². The summed E-state index contributed by atoms with van der Waals surface area (Å²) in [6, 6.07) is 13.0. The lowest BCUT2D eigenvalue weighted by molar-refractivity contribution is -0.117. The maximum atomic E-state index is 13.0. The molecule has 2 aromatic heterocycles. The van der Waals surface area contributed by atoms with E-state index in [0.717, 1.165) is 48.4 Å². The van der Waals surface area contributed by atoms with Gasteiger partial charge in [0.1, 0.15) is 0 Å². The first kappa shape index (κ1) is 18.5. The summed E-state index contributed by atoms with van der Waals surface area (Å²) in [7, 11) is 0. The largest absolute Gasteiger partial charge is 0.345 e. The summed E-state index contributed by atoms with van der Waals surface area (Å²) >= 11 is 0. The summed E-state index contributed by atoms with van der Waals surface area (Å²) in [6.45, 7) is 0.711. The second-order valence-corrected chi connectivity index (χ2v) is 7.76. The van der Waals surface area contributed by atoms with Gasteiger partial charge in [-0.2, -0.15) is 5.10 Å².